The molecular weight excluding hydrogens is 415 g/mol. The van der Waals surface area contributed by atoms with Crippen molar-refractivity contribution in [3.8, 4) is 11.3 Å². The van der Waals surface area contributed by atoms with Crippen molar-refractivity contribution in [1.29, 1.82) is 0 Å². The zero-order chi connectivity index (χ0) is 23.3. The van der Waals surface area contributed by atoms with Gasteiger partial charge in [-0.2, -0.15) is 0 Å². The number of H-pyrrole nitrogens is 1. The number of anilines is 2. The van der Waals surface area contributed by atoms with Crippen LogP contribution in [0.3, 0.4) is 0 Å². The lowest BCUT2D eigenvalue weighted by Gasteiger charge is -2.23. The number of halogens is 1. The van der Waals surface area contributed by atoms with Crippen LogP contribution in [0.5, 0.6) is 0 Å². The van der Waals surface area contributed by atoms with Crippen LogP contribution in [0.25, 0.3) is 11.3 Å². The van der Waals surface area contributed by atoms with Crippen LogP contribution in [-0.4, -0.2) is 22.0 Å². The van der Waals surface area contributed by atoms with Gasteiger partial charge in [-0.25, -0.2) is 9.18 Å². The van der Waals surface area contributed by atoms with Crippen LogP contribution in [0, 0.1) is 5.82 Å². The molecule has 0 aliphatic heterocycles. The maximum absolute atomic E-state index is 14.1. The summed E-state index contributed by atoms with van der Waals surface area (Å²) in [6.07, 6.45) is 2.86. The van der Waals surface area contributed by atoms with Crippen LogP contribution >= 0.6 is 0 Å². The molecule has 3 aromatic rings. The van der Waals surface area contributed by atoms with Crippen molar-refractivity contribution in [3.63, 3.8) is 0 Å². The summed E-state index contributed by atoms with van der Waals surface area (Å²) in [4.78, 5) is 41.8. The molecule has 3 N–H and O–H groups in total. The Morgan fingerprint density at radius 3 is 2.53 bits per heavy atom. The van der Waals surface area contributed by atoms with E-state index in [-0.39, 0.29) is 35.1 Å². The van der Waals surface area contributed by atoms with Crippen LogP contribution in [0.4, 0.5) is 15.9 Å². The average Bonchev–Trinajstić information content (AvgIpc) is 3.25. The fourth-order valence-corrected chi connectivity index (χ4v) is 3.40. The molecule has 0 atom stereocenters. The van der Waals surface area contributed by atoms with Gasteiger partial charge in [-0.1, -0.05) is 38.8 Å². The standard InChI is InChI=1S/C23H27FN4O4/c1-3-5-13-27(19-20(25)28(14-6-4-2)23(31)26-21(19)29)22(30)18-12-11-17(32-18)15-9-7-8-10-16(15)24/h7-12H,3-6,13-14,25H2,1-2H3,(H,26,29,31). The first-order valence-electron chi connectivity index (χ1n) is 10.7. The Morgan fingerprint density at radius 1 is 1.12 bits per heavy atom. The van der Waals surface area contributed by atoms with E-state index < -0.39 is 23.0 Å². The SMILES string of the molecule is CCCCN(C(=O)c1ccc(-c2ccccc2F)o1)c1c(N)n(CCCC)c(=O)[nH]c1=O. The molecule has 8 nitrogen and oxygen atoms in total. The van der Waals surface area contributed by atoms with Crippen molar-refractivity contribution in [3.05, 3.63) is 68.8 Å². The summed E-state index contributed by atoms with van der Waals surface area (Å²) in [6, 6.07) is 8.99. The maximum atomic E-state index is 14.1. The van der Waals surface area contributed by atoms with Crippen LogP contribution in [-0.2, 0) is 6.54 Å². The highest BCUT2D eigenvalue weighted by Crippen LogP contribution is 2.27. The second-order valence-electron chi connectivity index (χ2n) is 7.45. The van der Waals surface area contributed by atoms with Gasteiger partial charge in [-0.15, -0.1) is 0 Å². The number of unbranched alkanes of at least 4 members (excludes halogenated alkanes) is 2. The summed E-state index contributed by atoms with van der Waals surface area (Å²) in [6.45, 7) is 4.43. The van der Waals surface area contributed by atoms with Gasteiger partial charge < -0.3 is 10.2 Å². The summed E-state index contributed by atoms with van der Waals surface area (Å²) < 4.78 is 21.0. The number of carbonyl (C=O) groups is 1. The molecule has 32 heavy (non-hydrogen) atoms. The van der Waals surface area contributed by atoms with Crippen molar-refractivity contribution in [1.82, 2.24) is 9.55 Å². The lowest BCUT2D eigenvalue weighted by Crippen LogP contribution is -2.41. The van der Waals surface area contributed by atoms with E-state index in [9.17, 15) is 18.8 Å². The summed E-state index contributed by atoms with van der Waals surface area (Å²) in [5.74, 6) is -1.02. The molecule has 1 aromatic carbocycles. The van der Waals surface area contributed by atoms with Crippen molar-refractivity contribution in [2.75, 3.05) is 17.2 Å². The van der Waals surface area contributed by atoms with Crippen molar-refractivity contribution < 1.29 is 13.6 Å². The molecule has 1 amide bonds. The molecule has 2 heterocycles. The molecule has 0 fully saturated rings. The van der Waals surface area contributed by atoms with Crippen LogP contribution in [0.15, 0.2) is 50.4 Å². The van der Waals surface area contributed by atoms with Gasteiger partial charge >= 0.3 is 5.69 Å². The van der Waals surface area contributed by atoms with Crippen LogP contribution in [0.2, 0.25) is 0 Å². The molecule has 0 unspecified atom stereocenters. The number of furan rings is 1. The summed E-state index contributed by atoms with van der Waals surface area (Å²) >= 11 is 0. The molecule has 0 radical (unpaired) electrons. The third-order valence-electron chi connectivity index (χ3n) is 5.16. The third-order valence-corrected chi connectivity index (χ3v) is 5.16. The Balaban J connectivity index is 2.05. The molecule has 0 aliphatic rings. The highest BCUT2D eigenvalue weighted by atomic mass is 19.1. The Bertz CT molecular complexity index is 1210. The molecular formula is C23H27FN4O4. The number of hydrogen-bond donors (Lipinski definition) is 2. The van der Waals surface area contributed by atoms with E-state index in [1.807, 2.05) is 13.8 Å². The molecule has 9 heteroatoms. The molecule has 0 aliphatic carbocycles. The Hall–Kier alpha value is -3.62. The highest BCUT2D eigenvalue weighted by molar-refractivity contribution is 6.05. The van der Waals surface area contributed by atoms with Crippen molar-refractivity contribution >= 4 is 17.4 Å². The van der Waals surface area contributed by atoms with E-state index >= 15 is 0 Å². The number of carbonyl (C=O) groups excluding carboxylic acids is 1. The first-order valence-corrected chi connectivity index (χ1v) is 10.7. The van der Waals surface area contributed by atoms with Gasteiger partial charge in [0.15, 0.2) is 11.4 Å². The molecule has 0 bridgehead atoms. The summed E-state index contributed by atoms with van der Waals surface area (Å²) in [5, 5.41) is 0. The number of aromatic amines is 1. The van der Waals surface area contributed by atoms with Gasteiger partial charge in [0.05, 0.1) is 5.56 Å². The number of amides is 1. The van der Waals surface area contributed by atoms with Gasteiger partial charge in [-0.05, 0) is 37.1 Å². The monoisotopic (exact) mass is 442 g/mol. The minimum Gasteiger partial charge on any atom is -0.451 e. The largest absolute Gasteiger partial charge is 0.451 e. The van der Waals surface area contributed by atoms with Gasteiger partial charge in [0, 0.05) is 13.1 Å². The van der Waals surface area contributed by atoms with Gasteiger partial charge in [0.1, 0.15) is 17.4 Å². The number of nitrogens with one attached hydrogen (secondary N) is 1. The number of nitrogens with zero attached hydrogens (tertiary/aromatic N) is 2. The quantitative estimate of drug-likeness (QED) is 0.524. The Labute approximate surface area is 184 Å². The molecule has 2 aromatic heterocycles. The minimum atomic E-state index is -0.745. The van der Waals surface area contributed by atoms with E-state index in [4.69, 9.17) is 10.2 Å². The fraction of sp³-hybridized carbons (Fsp3) is 0.348. The zero-order valence-corrected chi connectivity index (χ0v) is 18.2. The molecule has 3 rings (SSSR count). The van der Waals surface area contributed by atoms with Gasteiger partial charge in [-0.3, -0.25) is 24.0 Å². The molecule has 170 valence electrons. The number of rotatable bonds is 9. The highest BCUT2D eigenvalue weighted by Gasteiger charge is 2.27. The number of aromatic nitrogens is 2. The topological polar surface area (TPSA) is 114 Å². The second kappa shape index (κ2) is 10.1. The van der Waals surface area contributed by atoms with Gasteiger partial charge in [0.25, 0.3) is 11.5 Å². The lowest BCUT2D eigenvalue weighted by molar-refractivity contribution is 0.0960. The van der Waals surface area contributed by atoms with E-state index in [0.717, 1.165) is 12.8 Å². The predicted molar refractivity (Wildman–Crippen MR) is 121 cm³/mol. The average molecular weight is 442 g/mol. The van der Waals surface area contributed by atoms with E-state index in [2.05, 4.69) is 4.98 Å². The van der Waals surface area contributed by atoms with Crippen LogP contribution in [0.1, 0.15) is 50.1 Å². The van der Waals surface area contributed by atoms with E-state index in [1.54, 1.807) is 18.2 Å². The molecule has 0 saturated heterocycles. The molecule has 0 spiro atoms. The van der Waals surface area contributed by atoms with Crippen molar-refractivity contribution in [2.24, 2.45) is 0 Å². The first-order chi connectivity index (χ1) is 15.4. The maximum Gasteiger partial charge on any atom is 0.330 e. The lowest BCUT2D eigenvalue weighted by atomic mass is 10.1. The smallest absolute Gasteiger partial charge is 0.330 e. The number of nitrogen functional groups attached to an aromatic ring is 1. The zero-order valence-electron chi connectivity index (χ0n) is 18.2. The number of nitrogens with two attached hydrogens (primary N) is 1. The second-order valence-corrected chi connectivity index (χ2v) is 7.45. The van der Waals surface area contributed by atoms with E-state index in [1.165, 1.54) is 27.7 Å². The van der Waals surface area contributed by atoms with Crippen LogP contribution < -0.4 is 21.9 Å². The summed E-state index contributed by atoms with van der Waals surface area (Å²) in [5.41, 5.74) is 4.96. The Morgan fingerprint density at radius 2 is 1.84 bits per heavy atom. The van der Waals surface area contributed by atoms with Crippen molar-refractivity contribution in [2.45, 2.75) is 46.1 Å². The number of hydrogen-bond acceptors (Lipinski definition) is 5. The van der Waals surface area contributed by atoms with Gasteiger partial charge in [0.2, 0.25) is 0 Å². The fourth-order valence-electron chi connectivity index (χ4n) is 3.40. The Kier molecular flexibility index (Phi) is 7.29. The normalized spacial score (nSPS) is 11.0. The predicted octanol–water partition coefficient (Wildman–Crippen LogP) is 3.76. The van der Waals surface area contributed by atoms with E-state index in [0.29, 0.717) is 19.4 Å². The first kappa shape index (κ1) is 23.1. The molecule has 0 saturated carbocycles. The minimum absolute atomic E-state index is 0.0653. The summed E-state index contributed by atoms with van der Waals surface area (Å²) in [7, 11) is 0. The third kappa shape index (κ3) is 4.66. The number of benzene rings is 1.